The summed E-state index contributed by atoms with van der Waals surface area (Å²) in [5, 5.41) is 4.15. The van der Waals surface area contributed by atoms with E-state index in [4.69, 9.17) is 12.2 Å². The molecular formula is C19H26N4S. The Labute approximate surface area is 150 Å². The molecule has 2 aromatic rings. The van der Waals surface area contributed by atoms with E-state index >= 15 is 0 Å². The third-order valence-electron chi connectivity index (χ3n) is 4.09. The molecule has 0 aliphatic rings. The molecule has 1 aromatic carbocycles. The molecule has 0 bridgehead atoms. The number of thiocarbonyl (C=S) groups is 1. The van der Waals surface area contributed by atoms with Gasteiger partial charge in [-0.05, 0) is 69.5 Å². The highest BCUT2D eigenvalue weighted by molar-refractivity contribution is 7.80. The van der Waals surface area contributed by atoms with Crippen molar-refractivity contribution in [1.82, 2.24) is 14.8 Å². The van der Waals surface area contributed by atoms with Gasteiger partial charge in [-0.2, -0.15) is 0 Å². The quantitative estimate of drug-likeness (QED) is 0.809. The van der Waals surface area contributed by atoms with Gasteiger partial charge < -0.3 is 15.1 Å². The van der Waals surface area contributed by atoms with Gasteiger partial charge in [-0.3, -0.25) is 4.98 Å². The number of hydrogen-bond donors (Lipinski definition) is 1. The number of aryl methyl sites for hydroxylation is 1. The van der Waals surface area contributed by atoms with Crippen molar-refractivity contribution < 1.29 is 0 Å². The van der Waals surface area contributed by atoms with Crippen molar-refractivity contribution >= 4 is 23.0 Å². The van der Waals surface area contributed by atoms with Crippen LogP contribution in [0.2, 0.25) is 0 Å². The summed E-state index contributed by atoms with van der Waals surface area (Å²) in [6.07, 6.45) is 3.65. The van der Waals surface area contributed by atoms with Gasteiger partial charge in [0, 0.05) is 31.2 Å². The van der Waals surface area contributed by atoms with Crippen molar-refractivity contribution in [2.45, 2.75) is 19.9 Å². The highest BCUT2D eigenvalue weighted by Gasteiger charge is 2.19. The van der Waals surface area contributed by atoms with Crippen LogP contribution in [0.1, 0.15) is 24.1 Å². The van der Waals surface area contributed by atoms with Gasteiger partial charge in [-0.15, -0.1) is 0 Å². The Morgan fingerprint density at radius 2 is 1.79 bits per heavy atom. The normalized spacial score (nSPS) is 12.0. The van der Waals surface area contributed by atoms with Gasteiger partial charge in [0.15, 0.2) is 5.11 Å². The number of rotatable bonds is 6. The van der Waals surface area contributed by atoms with Crippen LogP contribution in [0.15, 0.2) is 48.8 Å². The fourth-order valence-corrected chi connectivity index (χ4v) is 2.86. The first-order chi connectivity index (χ1) is 11.5. The Hall–Kier alpha value is -1.98. The molecule has 0 aliphatic heterocycles. The average Bonchev–Trinajstić information content (AvgIpc) is 2.57. The maximum Gasteiger partial charge on any atom is 0.173 e. The van der Waals surface area contributed by atoms with Crippen molar-refractivity contribution in [3.63, 3.8) is 0 Å². The molecule has 0 saturated carbocycles. The molecule has 128 valence electrons. The van der Waals surface area contributed by atoms with Crippen LogP contribution >= 0.6 is 12.2 Å². The summed E-state index contributed by atoms with van der Waals surface area (Å²) in [4.78, 5) is 8.51. The van der Waals surface area contributed by atoms with Crippen molar-refractivity contribution in [3.05, 3.63) is 59.9 Å². The first-order valence-electron chi connectivity index (χ1n) is 8.17. The standard InChI is InChI=1S/C19H26N4S/c1-15-7-5-6-8-18(15)21-19(24)23(14-13-22(3)4)16(2)17-9-11-20-12-10-17/h5-12,16H,13-14H2,1-4H3,(H,21,24). The van der Waals surface area contributed by atoms with Crippen LogP contribution in [0.5, 0.6) is 0 Å². The Balaban J connectivity index is 2.18. The van der Waals surface area contributed by atoms with Crippen LogP contribution < -0.4 is 5.32 Å². The summed E-state index contributed by atoms with van der Waals surface area (Å²) < 4.78 is 0. The number of likely N-dealkylation sites (N-methyl/N-ethyl adjacent to an activating group) is 1. The predicted octanol–water partition coefficient (Wildman–Crippen LogP) is 3.71. The Bertz CT molecular complexity index is 657. The minimum absolute atomic E-state index is 0.178. The van der Waals surface area contributed by atoms with Gasteiger partial charge in [0.25, 0.3) is 0 Å². The van der Waals surface area contributed by atoms with E-state index in [2.05, 4.69) is 60.2 Å². The first-order valence-corrected chi connectivity index (χ1v) is 8.57. The van der Waals surface area contributed by atoms with Crippen molar-refractivity contribution in [3.8, 4) is 0 Å². The monoisotopic (exact) mass is 342 g/mol. The minimum Gasteiger partial charge on any atom is -0.341 e. The zero-order valence-corrected chi connectivity index (χ0v) is 15.7. The fraction of sp³-hybridized carbons (Fsp3) is 0.368. The number of nitrogens with zero attached hydrogens (tertiary/aromatic N) is 3. The number of nitrogens with one attached hydrogen (secondary N) is 1. The highest BCUT2D eigenvalue weighted by atomic mass is 32.1. The van der Waals surface area contributed by atoms with E-state index in [-0.39, 0.29) is 6.04 Å². The molecule has 0 spiro atoms. The van der Waals surface area contributed by atoms with E-state index < -0.39 is 0 Å². The number of benzene rings is 1. The summed E-state index contributed by atoms with van der Waals surface area (Å²) in [6, 6.07) is 12.5. The summed E-state index contributed by atoms with van der Waals surface area (Å²) in [6.45, 7) is 6.05. The molecule has 5 heteroatoms. The topological polar surface area (TPSA) is 31.4 Å². The van der Waals surface area contributed by atoms with E-state index in [9.17, 15) is 0 Å². The van der Waals surface area contributed by atoms with E-state index in [1.54, 1.807) is 0 Å². The number of hydrogen-bond acceptors (Lipinski definition) is 3. The van der Waals surface area contributed by atoms with Crippen LogP contribution in [0.3, 0.4) is 0 Å². The lowest BCUT2D eigenvalue weighted by molar-refractivity contribution is 0.289. The second kappa shape index (κ2) is 8.76. The number of aromatic nitrogens is 1. The average molecular weight is 343 g/mol. The molecule has 2 rings (SSSR count). The maximum absolute atomic E-state index is 5.73. The molecule has 1 aromatic heterocycles. The molecular weight excluding hydrogens is 316 g/mol. The number of para-hydroxylation sites is 1. The summed E-state index contributed by atoms with van der Waals surface area (Å²) >= 11 is 5.73. The zero-order valence-electron chi connectivity index (χ0n) is 14.9. The van der Waals surface area contributed by atoms with Crippen molar-refractivity contribution in [2.75, 3.05) is 32.5 Å². The van der Waals surface area contributed by atoms with Gasteiger partial charge in [-0.25, -0.2) is 0 Å². The predicted molar refractivity (Wildman–Crippen MR) is 105 cm³/mol. The van der Waals surface area contributed by atoms with Gasteiger partial charge in [0.1, 0.15) is 0 Å². The summed E-state index contributed by atoms with van der Waals surface area (Å²) in [5.41, 5.74) is 3.45. The van der Waals surface area contributed by atoms with Crippen molar-refractivity contribution in [2.24, 2.45) is 0 Å². The van der Waals surface area contributed by atoms with Gasteiger partial charge in [0.05, 0.1) is 6.04 Å². The molecule has 1 N–H and O–H groups in total. The lowest BCUT2D eigenvalue weighted by atomic mass is 10.1. The van der Waals surface area contributed by atoms with E-state index in [1.165, 1.54) is 11.1 Å². The zero-order chi connectivity index (χ0) is 17.5. The van der Waals surface area contributed by atoms with Gasteiger partial charge >= 0.3 is 0 Å². The third kappa shape index (κ3) is 5.01. The lowest BCUT2D eigenvalue weighted by Crippen LogP contribution is -2.41. The third-order valence-corrected chi connectivity index (χ3v) is 4.43. The van der Waals surface area contributed by atoms with E-state index in [0.29, 0.717) is 0 Å². The molecule has 1 heterocycles. The number of anilines is 1. The minimum atomic E-state index is 0.178. The molecule has 4 nitrogen and oxygen atoms in total. The lowest BCUT2D eigenvalue weighted by Gasteiger charge is -2.33. The van der Waals surface area contributed by atoms with Crippen LogP contribution in [0, 0.1) is 6.92 Å². The van der Waals surface area contributed by atoms with E-state index in [0.717, 1.165) is 23.9 Å². The molecule has 0 saturated heterocycles. The van der Waals surface area contributed by atoms with Crippen LogP contribution in [0.4, 0.5) is 5.69 Å². The van der Waals surface area contributed by atoms with E-state index in [1.807, 2.05) is 36.7 Å². The second-order valence-electron chi connectivity index (χ2n) is 6.20. The van der Waals surface area contributed by atoms with Crippen LogP contribution in [-0.2, 0) is 0 Å². The maximum atomic E-state index is 5.73. The Kier molecular flexibility index (Phi) is 6.70. The van der Waals surface area contributed by atoms with Crippen molar-refractivity contribution in [1.29, 1.82) is 0 Å². The molecule has 0 radical (unpaired) electrons. The molecule has 1 atom stereocenters. The molecule has 0 fully saturated rings. The van der Waals surface area contributed by atoms with Crippen LogP contribution in [-0.4, -0.2) is 47.1 Å². The SMILES string of the molecule is Cc1ccccc1NC(=S)N(CCN(C)C)C(C)c1ccncc1. The largest absolute Gasteiger partial charge is 0.341 e. The van der Waals surface area contributed by atoms with Gasteiger partial charge in [0.2, 0.25) is 0 Å². The summed E-state index contributed by atoms with van der Waals surface area (Å²) in [7, 11) is 4.15. The summed E-state index contributed by atoms with van der Waals surface area (Å²) in [5.74, 6) is 0. The highest BCUT2D eigenvalue weighted by Crippen LogP contribution is 2.22. The molecule has 0 aliphatic carbocycles. The Morgan fingerprint density at radius 1 is 1.12 bits per heavy atom. The molecule has 0 amide bonds. The van der Waals surface area contributed by atoms with Gasteiger partial charge in [-0.1, -0.05) is 18.2 Å². The second-order valence-corrected chi connectivity index (χ2v) is 6.58. The Morgan fingerprint density at radius 3 is 2.42 bits per heavy atom. The molecule has 1 unspecified atom stereocenters. The smallest absolute Gasteiger partial charge is 0.173 e. The fourth-order valence-electron chi connectivity index (χ4n) is 2.50. The molecule has 24 heavy (non-hydrogen) atoms. The van der Waals surface area contributed by atoms with Crippen LogP contribution in [0.25, 0.3) is 0 Å². The number of pyridine rings is 1. The first kappa shape index (κ1) is 18.4.